The van der Waals surface area contributed by atoms with E-state index in [9.17, 15) is 9.18 Å². The van der Waals surface area contributed by atoms with E-state index in [4.69, 9.17) is 23.8 Å². The number of anilines is 1. The Hall–Kier alpha value is -1.50. The standard InChI is InChI=1S/C14H9BrClFN2OS/c15-9-3-1-8(2-4-9)13(20)19-14(21)18-10-5-6-12(17)11(16)7-10/h1-7H,(H2,18,19,20,21). The molecule has 7 heteroatoms. The molecule has 3 nitrogen and oxygen atoms in total. The van der Waals surface area contributed by atoms with Crippen LogP contribution in [0.3, 0.4) is 0 Å². The highest BCUT2D eigenvalue weighted by molar-refractivity contribution is 9.10. The van der Waals surface area contributed by atoms with Gasteiger partial charge in [-0.15, -0.1) is 0 Å². The van der Waals surface area contributed by atoms with Crippen molar-refractivity contribution < 1.29 is 9.18 Å². The van der Waals surface area contributed by atoms with Gasteiger partial charge >= 0.3 is 0 Å². The summed E-state index contributed by atoms with van der Waals surface area (Å²) in [6.07, 6.45) is 0. The van der Waals surface area contributed by atoms with Gasteiger partial charge in [0.1, 0.15) is 5.82 Å². The summed E-state index contributed by atoms with van der Waals surface area (Å²) in [6.45, 7) is 0. The number of thiocarbonyl (C=S) groups is 1. The first-order chi connectivity index (χ1) is 9.95. The molecule has 0 saturated heterocycles. The largest absolute Gasteiger partial charge is 0.332 e. The molecular formula is C14H9BrClFN2OS. The monoisotopic (exact) mass is 386 g/mol. The van der Waals surface area contributed by atoms with Crippen molar-refractivity contribution in [1.29, 1.82) is 0 Å². The molecule has 2 aromatic carbocycles. The summed E-state index contributed by atoms with van der Waals surface area (Å²) in [5.74, 6) is -0.861. The van der Waals surface area contributed by atoms with Crippen LogP contribution in [-0.2, 0) is 0 Å². The second-order valence-electron chi connectivity index (χ2n) is 4.04. The van der Waals surface area contributed by atoms with Gasteiger partial charge in [0.2, 0.25) is 0 Å². The van der Waals surface area contributed by atoms with Crippen molar-refractivity contribution in [3.8, 4) is 0 Å². The molecule has 0 bridgehead atoms. The zero-order chi connectivity index (χ0) is 15.4. The third kappa shape index (κ3) is 4.49. The first-order valence-corrected chi connectivity index (χ1v) is 7.36. The Bertz CT molecular complexity index is 694. The molecule has 1 amide bonds. The van der Waals surface area contributed by atoms with E-state index in [0.29, 0.717) is 11.3 Å². The summed E-state index contributed by atoms with van der Waals surface area (Å²) in [7, 11) is 0. The number of benzene rings is 2. The number of nitrogens with one attached hydrogen (secondary N) is 2. The second kappa shape index (κ2) is 6.98. The maximum atomic E-state index is 13.0. The molecule has 0 spiro atoms. The number of carbonyl (C=O) groups excluding carboxylic acids is 1. The van der Waals surface area contributed by atoms with Gasteiger partial charge in [-0.3, -0.25) is 10.1 Å². The van der Waals surface area contributed by atoms with Gasteiger partial charge in [-0.1, -0.05) is 27.5 Å². The SMILES string of the molecule is O=C(NC(=S)Nc1ccc(F)c(Cl)c1)c1ccc(Br)cc1. The Balaban J connectivity index is 1.99. The Morgan fingerprint density at radius 3 is 2.48 bits per heavy atom. The zero-order valence-electron chi connectivity index (χ0n) is 10.5. The molecule has 2 aromatic rings. The van der Waals surface area contributed by atoms with Crippen LogP contribution in [0.5, 0.6) is 0 Å². The van der Waals surface area contributed by atoms with Crippen molar-refractivity contribution in [2.75, 3.05) is 5.32 Å². The van der Waals surface area contributed by atoms with Crippen molar-refractivity contribution in [3.63, 3.8) is 0 Å². The highest BCUT2D eigenvalue weighted by Crippen LogP contribution is 2.19. The Kier molecular flexibility index (Phi) is 5.27. The van der Waals surface area contributed by atoms with E-state index in [-0.39, 0.29) is 16.0 Å². The summed E-state index contributed by atoms with van der Waals surface area (Å²) in [4.78, 5) is 11.9. The Morgan fingerprint density at radius 1 is 1.19 bits per heavy atom. The van der Waals surface area contributed by atoms with E-state index >= 15 is 0 Å². The van der Waals surface area contributed by atoms with Crippen molar-refractivity contribution in [1.82, 2.24) is 5.32 Å². The van der Waals surface area contributed by atoms with Crippen LogP contribution in [0.1, 0.15) is 10.4 Å². The number of amides is 1. The second-order valence-corrected chi connectivity index (χ2v) is 5.78. The van der Waals surface area contributed by atoms with E-state index < -0.39 is 5.82 Å². The smallest absolute Gasteiger partial charge is 0.257 e. The summed E-state index contributed by atoms with van der Waals surface area (Å²) in [5.41, 5.74) is 0.960. The molecule has 2 rings (SSSR count). The average molecular weight is 388 g/mol. The molecule has 0 aliphatic carbocycles. The fraction of sp³-hybridized carbons (Fsp3) is 0. The fourth-order valence-corrected chi connectivity index (χ4v) is 2.17. The molecule has 0 aliphatic heterocycles. The molecule has 0 atom stereocenters. The molecule has 0 heterocycles. The van der Waals surface area contributed by atoms with Gasteiger partial charge in [0.15, 0.2) is 5.11 Å². The maximum absolute atomic E-state index is 13.0. The minimum Gasteiger partial charge on any atom is -0.332 e. The normalized spacial score (nSPS) is 10.0. The molecule has 0 aliphatic rings. The van der Waals surface area contributed by atoms with Crippen molar-refractivity contribution in [3.05, 3.63) is 63.3 Å². The van der Waals surface area contributed by atoms with Gasteiger partial charge in [-0.2, -0.15) is 0 Å². The van der Waals surface area contributed by atoms with Crippen LogP contribution in [-0.4, -0.2) is 11.0 Å². The van der Waals surface area contributed by atoms with Gasteiger partial charge in [0.05, 0.1) is 5.02 Å². The number of carbonyl (C=O) groups is 1. The first kappa shape index (κ1) is 15.9. The number of hydrogen-bond donors (Lipinski definition) is 2. The highest BCUT2D eigenvalue weighted by Gasteiger charge is 2.08. The Labute approximate surface area is 139 Å². The quantitative estimate of drug-likeness (QED) is 0.752. The molecule has 0 fully saturated rings. The topological polar surface area (TPSA) is 41.1 Å². The molecule has 0 unspecified atom stereocenters. The number of halogens is 3. The van der Waals surface area contributed by atoms with Gasteiger partial charge in [-0.05, 0) is 54.7 Å². The highest BCUT2D eigenvalue weighted by atomic mass is 79.9. The predicted octanol–water partition coefficient (Wildman–Crippen LogP) is 4.37. The molecule has 0 aromatic heterocycles. The van der Waals surface area contributed by atoms with E-state index in [1.54, 1.807) is 24.3 Å². The summed E-state index contributed by atoms with van der Waals surface area (Å²) >= 11 is 14.0. The van der Waals surface area contributed by atoms with Crippen LogP contribution < -0.4 is 10.6 Å². The van der Waals surface area contributed by atoms with Gasteiger partial charge in [0.25, 0.3) is 5.91 Å². The molecule has 108 valence electrons. The minimum atomic E-state index is -0.521. The average Bonchev–Trinajstić information content (AvgIpc) is 2.43. The summed E-state index contributed by atoms with van der Waals surface area (Å²) < 4.78 is 13.9. The third-order valence-corrected chi connectivity index (χ3v) is 3.53. The lowest BCUT2D eigenvalue weighted by Crippen LogP contribution is -2.34. The van der Waals surface area contributed by atoms with E-state index in [0.717, 1.165) is 4.47 Å². The van der Waals surface area contributed by atoms with Crippen LogP contribution in [0.15, 0.2) is 46.9 Å². The zero-order valence-corrected chi connectivity index (χ0v) is 13.7. The van der Waals surface area contributed by atoms with Crippen LogP contribution in [0.4, 0.5) is 10.1 Å². The van der Waals surface area contributed by atoms with Crippen LogP contribution >= 0.6 is 39.7 Å². The number of rotatable bonds is 2. The molecule has 0 saturated carbocycles. The lowest BCUT2D eigenvalue weighted by atomic mass is 10.2. The van der Waals surface area contributed by atoms with Crippen LogP contribution in [0.25, 0.3) is 0 Å². The van der Waals surface area contributed by atoms with Crippen LogP contribution in [0, 0.1) is 5.82 Å². The lowest BCUT2D eigenvalue weighted by molar-refractivity contribution is 0.0977. The van der Waals surface area contributed by atoms with Gasteiger partial charge in [0, 0.05) is 15.7 Å². The summed E-state index contributed by atoms with van der Waals surface area (Å²) in [5, 5.41) is 5.37. The molecule has 0 radical (unpaired) electrons. The van der Waals surface area contributed by atoms with Crippen molar-refractivity contribution in [2.45, 2.75) is 0 Å². The Morgan fingerprint density at radius 2 is 1.86 bits per heavy atom. The van der Waals surface area contributed by atoms with Crippen LogP contribution in [0.2, 0.25) is 5.02 Å². The van der Waals surface area contributed by atoms with Gasteiger partial charge in [-0.25, -0.2) is 4.39 Å². The molecule has 21 heavy (non-hydrogen) atoms. The van der Waals surface area contributed by atoms with E-state index in [1.807, 2.05) is 0 Å². The third-order valence-electron chi connectivity index (χ3n) is 2.51. The lowest BCUT2D eigenvalue weighted by Gasteiger charge is -2.10. The fourth-order valence-electron chi connectivity index (χ4n) is 1.51. The molecule has 2 N–H and O–H groups in total. The van der Waals surface area contributed by atoms with Gasteiger partial charge < -0.3 is 5.32 Å². The summed E-state index contributed by atoms with van der Waals surface area (Å²) in [6, 6.07) is 10.9. The minimum absolute atomic E-state index is 0.0259. The van der Waals surface area contributed by atoms with Crippen molar-refractivity contribution in [2.24, 2.45) is 0 Å². The predicted molar refractivity (Wildman–Crippen MR) is 89.2 cm³/mol. The number of hydrogen-bond acceptors (Lipinski definition) is 2. The first-order valence-electron chi connectivity index (χ1n) is 5.78. The molecular weight excluding hydrogens is 379 g/mol. The maximum Gasteiger partial charge on any atom is 0.257 e. The van der Waals surface area contributed by atoms with Crippen molar-refractivity contribution >= 4 is 56.5 Å². The van der Waals surface area contributed by atoms with E-state index in [1.165, 1.54) is 18.2 Å². The van der Waals surface area contributed by atoms with E-state index in [2.05, 4.69) is 26.6 Å².